The Morgan fingerprint density at radius 1 is 1.09 bits per heavy atom. The Morgan fingerprint density at radius 3 is 2.64 bits per heavy atom. The molecule has 104 valence electrons. The summed E-state index contributed by atoms with van der Waals surface area (Å²) in [5.41, 5.74) is 6.58. The Bertz CT molecular complexity index is 1040. The minimum absolute atomic E-state index is 0.419. The van der Waals surface area contributed by atoms with E-state index in [-0.39, 0.29) is 0 Å². The van der Waals surface area contributed by atoms with Gasteiger partial charge in [0.1, 0.15) is 11.2 Å². The van der Waals surface area contributed by atoms with E-state index >= 15 is 0 Å². The van der Waals surface area contributed by atoms with Crippen molar-refractivity contribution < 1.29 is 4.68 Å². The summed E-state index contributed by atoms with van der Waals surface area (Å²) < 4.78 is 4.24. The van der Waals surface area contributed by atoms with Gasteiger partial charge in [0.05, 0.1) is 18.5 Å². The Balaban J connectivity index is 2.20. The topological polar surface area (TPSA) is 17.5 Å². The highest BCUT2D eigenvalue weighted by atomic mass is 15.4. The highest BCUT2D eigenvalue weighted by Crippen LogP contribution is 2.39. The van der Waals surface area contributed by atoms with Crippen LogP contribution in [0.4, 0.5) is 11.4 Å². The van der Waals surface area contributed by atoms with Gasteiger partial charge in [0.15, 0.2) is 12.2 Å². The molecule has 0 saturated carbocycles. The Morgan fingerprint density at radius 2 is 1.91 bits per heavy atom. The van der Waals surface area contributed by atoms with Crippen LogP contribution in [-0.4, -0.2) is 4.68 Å². The molecule has 2 aromatic carbocycles. The van der Waals surface area contributed by atoms with Crippen LogP contribution in [-0.2, 0) is 6.54 Å². The summed E-state index contributed by atoms with van der Waals surface area (Å²) in [4.78, 5) is 7.15. The van der Waals surface area contributed by atoms with E-state index in [2.05, 4.69) is 51.2 Å². The van der Waals surface area contributed by atoms with Crippen molar-refractivity contribution in [2.75, 3.05) is 0 Å². The molecule has 0 aliphatic carbocycles. The van der Waals surface area contributed by atoms with Crippen LogP contribution in [0, 0.1) is 27.0 Å². The summed E-state index contributed by atoms with van der Waals surface area (Å²) in [7, 11) is 0. The molecule has 22 heavy (non-hydrogen) atoms. The van der Waals surface area contributed by atoms with E-state index in [0.29, 0.717) is 11.4 Å². The van der Waals surface area contributed by atoms with Crippen LogP contribution < -0.4 is 4.68 Å². The molecular weight excluding hydrogens is 272 g/mol. The molecule has 4 nitrogen and oxygen atoms in total. The third-order valence-electron chi connectivity index (χ3n) is 4.48. The van der Waals surface area contributed by atoms with Gasteiger partial charge in [-0.05, 0) is 31.0 Å². The molecule has 0 atom stereocenters. The zero-order valence-corrected chi connectivity index (χ0v) is 12.4. The minimum atomic E-state index is 0.419. The summed E-state index contributed by atoms with van der Waals surface area (Å²) in [6, 6.07) is 7.97. The van der Waals surface area contributed by atoms with E-state index in [1.54, 1.807) is 6.07 Å². The number of aromatic nitrogens is 2. The number of benzene rings is 2. The fraction of sp³-hybridized carbons (Fsp3) is 0.167. The molecule has 0 saturated heterocycles. The maximum atomic E-state index is 7.51. The van der Waals surface area contributed by atoms with Crippen LogP contribution in [0.5, 0.6) is 0 Å². The van der Waals surface area contributed by atoms with Gasteiger partial charge in [-0.2, -0.15) is 0 Å². The predicted molar refractivity (Wildman–Crippen MR) is 84.6 cm³/mol. The predicted octanol–water partition coefficient (Wildman–Crippen LogP) is 4.00. The van der Waals surface area contributed by atoms with Crippen molar-refractivity contribution in [3.63, 3.8) is 0 Å². The van der Waals surface area contributed by atoms with E-state index in [4.69, 9.17) is 13.1 Å². The van der Waals surface area contributed by atoms with Gasteiger partial charge in [-0.15, -0.1) is 9.36 Å². The molecule has 0 N–H and O–H groups in total. The molecule has 1 aliphatic heterocycles. The maximum Gasteiger partial charge on any atom is 0.224 e. The fourth-order valence-corrected chi connectivity index (χ4v) is 3.27. The lowest BCUT2D eigenvalue weighted by Gasteiger charge is -2.07. The molecule has 0 bridgehead atoms. The lowest BCUT2D eigenvalue weighted by Crippen LogP contribution is -2.36. The van der Waals surface area contributed by atoms with Crippen molar-refractivity contribution in [3.8, 4) is 5.69 Å². The van der Waals surface area contributed by atoms with Gasteiger partial charge < -0.3 is 0 Å². The third kappa shape index (κ3) is 1.42. The quantitative estimate of drug-likeness (QED) is 0.343. The molecule has 0 spiro atoms. The van der Waals surface area contributed by atoms with E-state index in [1.165, 1.54) is 16.7 Å². The van der Waals surface area contributed by atoms with Crippen molar-refractivity contribution in [1.82, 2.24) is 4.68 Å². The molecular formula is C18H13N4+. The van der Waals surface area contributed by atoms with Crippen molar-refractivity contribution >= 4 is 22.3 Å². The number of hydrogen-bond acceptors (Lipinski definition) is 0. The Labute approximate surface area is 128 Å². The smallest absolute Gasteiger partial charge is 0.224 e. The van der Waals surface area contributed by atoms with Crippen molar-refractivity contribution in [1.29, 1.82) is 0 Å². The van der Waals surface area contributed by atoms with E-state index in [0.717, 1.165) is 23.1 Å². The Kier molecular flexibility index (Phi) is 2.40. The van der Waals surface area contributed by atoms with Crippen molar-refractivity contribution in [2.45, 2.75) is 20.4 Å². The maximum absolute atomic E-state index is 7.51. The first-order valence-corrected chi connectivity index (χ1v) is 7.08. The van der Waals surface area contributed by atoms with Crippen LogP contribution in [0.3, 0.4) is 0 Å². The molecule has 3 aromatic rings. The first kappa shape index (κ1) is 12.6. The molecule has 0 radical (unpaired) electrons. The summed E-state index contributed by atoms with van der Waals surface area (Å²) in [5.74, 6) is 0. The number of rotatable bonds is 0. The van der Waals surface area contributed by atoms with Gasteiger partial charge in [-0.1, -0.05) is 18.2 Å². The second-order valence-electron chi connectivity index (χ2n) is 5.65. The molecule has 2 heterocycles. The van der Waals surface area contributed by atoms with Gasteiger partial charge in [0.2, 0.25) is 11.9 Å². The molecule has 0 amide bonds. The number of fused-ring (bicyclic) bond motifs is 5. The van der Waals surface area contributed by atoms with Gasteiger partial charge >= 0.3 is 0 Å². The van der Waals surface area contributed by atoms with Crippen LogP contribution in [0.1, 0.15) is 16.7 Å². The number of aryl methyl sites for hydroxylation is 1. The van der Waals surface area contributed by atoms with Gasteiger partial charge in [0.25, 0.3) is 0 Å². The summed E-state index contributed by atoms with van der Waals surface area (Å²) in [6.45, 7) is 19.8. The van der Waals surface area contributed by atoms with Gasteiger partial charge in [-0.3, -0.25) is 4.85 Å². The second-order valence-corrected chi connectivity index (χ2v) is 5.65. The van der Waals surface area contributed by atoms with E-state index in [9.17, 15) is 0 Å². The molecule has 0 unspecified atom stereocenters. The van der Waals surface area contributed by atoms with Gasteiger partial charge in [0, 0.05) is 5.56 Å². The molecule has 4 heteroatoms. The molecule has 1 aliphatic rings. The van der Waals surface area contributed by atoms with Crippen molar-refractivity contribution in [3.05, 3.63) is 70.0 Å². The molecule has 0 fully saturated rings. The van der Waals surface area contributed by atoms with Crippen LogP contribution >= 0.6 is 0 Å². The average molecular weight is 285 g/mol. The summed E-state index contributed by atoms with van der Waals surface area (Å²) >= 11 is 0. The van der Waals surface area contributed by atoms with Crippen LogP contribution in [0.2, 0.25) is 0 Å². The number of hydrogen-bond donors (Lipinski definition) is 0. The minimum Gasteiger partial charge on any atom is -0.250 e. The lowest BCUT2D eigenvalue weighted by atomic mass is 10.0. The average Bonchev–Trinajstić information content (AvgIpc) is 3.05. The first-order valence-electron chi connectivity index (χ1n) is 7.08. The molecule has 1 aromatic heterocycles. The van der Waals surface area contributed by atoms with Crippen LogP contribution in [0.15, 0.2) is 30.5 Å². The standard InChI is InChI=1S/C18H13N4/c1-11-5-6-13-9-21-10-14-7-8-15(19-3)16(20-4)18(14)22(21)17(13)12(11)2/h5-8,10H,9H2,1-2H3/q+1. The molecule has 4 rings (SSSR count). The highest BCUT2D eigenvalue weighted by Gasteiger charge is 2.31. The monoisotopic (exact) mass is 285 g/mol. The zero-order valence-electron chi connectivity index (χ0n) is 12.4. The Hall–Kier alpha value is -3.11. The fourth-order valence-electron chi connectivity index (χ4n) is 3.27. The van der Waals surface area contributed by atoms with E-state index in [1.807, 2.05) is 6.07 Å². The van der Waals surface area contributed by atoms with Gasteiger partial charge in [-0.25, -0.2) is 4.85 Å². The SMILES string of the molecule is [C-]#[N+]c1ccc2c[n+]3n(c2c1[N+]#[C-])-c1c(ccc(C)c1C)C3. The number of nitrogens with zero attached hydrogens (tertiary/aromatic N) is 4. The van der Waals surface area contributed by atoms with E-state index < -0.39 is 0 Å². The lowest BCUT2D eigenvalue weighted by molar-refractivity contribution is -0.749. The summed E-state index contributed by atoms with van der Waals surface area (Å²) in [6.07, 6.45) is 2.06. The highest BCUT2D eigenvalue weighted by molar-refractivity contribution is 5.99. The zero-order chi connectivity index (χ0) is 15.4. The second kappa shape index (κ2) is 4.19. The first-order chi connectivity index (χ1) is 10.7. The largest absolute Gasteiger partial charge is 0.250 e. The van der Waals surface area contributed by atoms with Crippen LogP contribution in [0.25, 0.3) is 26.3 Å². The third-order valence-corrected chi connectivity index (χ3v) is 4.48. The summed E-state index contributed by atoms with van der Waals surface area (Å²) in [5, 5.41) is 1.00. The normalized spacial score (nSPS) is 11.8. The van der Waals surface area contributed by atoms with Crippen molar-refractivity contribution in [2.24, 2.45) is 0 Å².